The van der Waals surface area contributed by atoms with Gasteiger partial charge in [0.2, 0.25) is 5.71 Å². The maximum atomic E-state index is 12.4. The van der Waals surface area contributed by atoms with Crippen molar-refractivity contribution in [2.45, 2.75) is 13.5 Å². The molecule has 1 amide bonds. The first-order valence-electron chi connectivity index (χ1n) is 6.88. The highest BCUT2D eigenvalue weighted by molar-refractivity contribution is 9.10. The fraction of sp³-hybridized carbons (Fsp3) is 0.286. The van der Waals surface area contributed by atoms with E-state index in [1.807, 2.05) is 6.20 Å². The quantitative estimate of drug-likeness (QED) is 0.735. The van der Waals surface area contributed by atoms with E-state index in [0.717, 1.165) is 4.47 Å². The number of nitrogens with zero attached hydrogens (tertiary/aromatic N) is 4. The molecule has 0 radical (unpaired) electrons. The Hall–Kier alpha value is -2.42. The van der Waals surface area contributed by atoms with Gasteiger partial charge in [-0.2, -0.15) is 5.10 Å². The predicted octanol–water partition coefficient (Wildman–Crippen LogP) is 1.22. The summed E-state index contributed by atoms with van der Waals surface area (Å²) in [5.74, 6) is 0.00713. The summed E-state index contributed by atoms with van der Waals surface area (Å²) in [6.45, 7) is 2.53. The molecule has 0 aliphatic carbocycles. The molecule has 3 heterocycles. The largest absolute Gasteiger partial charge is 0.442 e. The number of carbonyl (C=O) groups excluding carboxylic acids is 1. The summed E-state index contributed by atoms with van der Waals surface area (Å²) in [7, 11) is 1.58. The Kier molecular flexibility index (Phi) is 4.03. The minimum absolute atomic E-state index is 0.173. The zero-order chi connectivity index (χ0) is 16.6. The minimum atomic E-state index is -0.363. The predicted molar refractivity (Wildman–Crippen MR) is 86.2 cm³/mol. The molecule has 0 atom stereocenters. The van der Waals surface area contributed by atoms with Gasteiger partial charge in [0, 0.05) is 19.8 Å². The van der Waals surface area contributed by atoms with Crippen LogP contribution in [0.1, 0.15) is 16.1 Å². The number of nitrogens with one attached hydrogen (secondary N) is 1. The van der Waals surface area contributed by atoms with E-state index >= 15 is 0 Å². The first-order chi connectivity index (χ1) is 11.0. The van der Waals surface area contributed by atoms with Crippen LogP contribution in [0.2, 0.25) is 0 Å². The van der Waals surface area contributed by atoms with E-state index in [2.05, 4.69) is 31.3 Å². The van der Waals surface area contributed by atoms with Gasteiger partial charge in [-0.25, -0.2) is 4.98 Å². The van der Waals surface area contributed by atoms with Gasteiger partial charge in [0.1, 0.15) is 17.5 Å². The lowest BCUT2D eigenvalue weighted by molar-refractivity contribution is 0.0952. The second-order valence-corrected chi connectivity index (χ2v) is 5.97. The Labute approximate surface area is 139 Å². The van der Waals surface area contributed by atoms with E-state index in [-0.39, 0.29) is 28.1 Å². The summed E-state index contributed by atoms with van der Waals surface area (Å²) in [5.41, 5.74) is 0.0927. The number of furan rings is 1. The third-order valence-electron chi connectivity index (χ3n) is 3.40. The topological polar surface area (TPSA) is 95.0 Å². The molecule has 0 spiro atoms. The van der Waals surface area contributed by atoms with Crippen LogP contribution in [0.25, 0.3) is 11.1 Å². The molecule has 1 N–H and O–H groups in total. The van der Waals surface area contributed by atoms with Gasteiger partial charge in [-0.15, -0.1) is 0 Å². The molecule has 120 valence electrons. The van der Waals surface area contributed by atoms with Crippen LogP contribution in [-0.4, -0.2) is 31.8 Å². The molecule has 0 aliphatic rings. The van der Waals surface area contributed by atoms with E-state index in [9.17, 15) is 9.59 Å². The Balaban J connectivity index is 1.82. The zero-order valence-corrected chi connectivity index (χ0v) is 14.1. The summed E-state index contributed by atoms with van der Waals surface area (Å²) in [6, 6.07) is 0. The van der Waals surface area contributed by atoms with Crippen LogP contribution in [-0.2, 0) is 13.6 Å². The summed E-state index contributed by atoms with van der Waals surface area (Å²) >= 11 is 3.31. The molecule has 3 aromatic rings. The molecule has 0 aromatic carbocycles. The van der Waals surface area contributed by atoms with Crippen LogP contribution in [0.4, 0.5) is 0 Å². The summed E-state index contributed by atoms with van der Waals surface area (Å²) in [6.07, 6.45) is 4.85. The fourth-order valence-electron chi connectivity index (χ4n) is 2.29. The Morgan fingerprint density at radius 2 is 2.26 bits per heavy atom. The second-order valence-electron chi connectivity index (χ2n) is 5.05. The molecule has 0 bridgehead atoms. The first-order valence-corrected chi connectivity index (χ1v) is 7.67. The molecule has 3 aromatic heterocycles. The van der Waals surface area contributed by atoms with Crippen molar-refractivity contribution < 1.29 is 9.21 Å². The fourth-order valence-corrected chi connectivity index (χ4v) is 2.62. The highest BCUT2D eigenvalue weighted by Crippen LogP contribution is 2.20. The van der Waals surface area contributed by atoms with Gasteiger partial charge in [0.05, 0.1) is 22.8 Å². The molecular weight excluding hydrogens is 366 g/mol. The maximum Gasteiger partial charge on any atom is 0.265 e. The van der Waals surface area contributed by atoms with Crippen LogP contribution in [0.5, 0.6) is 0 Å². The monoisotopic (exact) mass is 379 g/mol. The number of rotatable bonds is 4. The van der Waals surface area contributed by atoms with Gasteiger partial charge in [-0.05, 0) is 22.9 Å². The first kappa shape index (κ1) is 15.5. The number of carbonyl (C=O) groups is 1. The van der Waals surface area contributed by atoms with E-state index in [1.165, 1.54) is 10.9 Å². The van der Waals surface area contributed by atoms with Crippen molar-refractivity contribution in [3.63, 3.8) is 0 Å². The molecular formula is C14H14BrN5O3. The number of halogens is 1. The number of hydrogen-bond acceptors (Lipinski definition) is 5. The van der Waals surface area contributed by atoms with Crippen molar-refractivity contribution in [2.24, 2.45) is 7.05 Å². The lowest BCUT2D eigenvalue weighted by Crippen LogP contribution is -2.29. The number of fused-ring (bicyclic) bond motifs is 1. The average molecular weight is 380 g/mol. The number of hydrogen-bond donors (Lipinski definition) is 1. The van der Waals surface area contributed by atoms with E-state index in [1.54, 1.807) is 24.9 Å². The Morgan fingerprint density at radius 3 is 2.96 bits per heavy atom. The molecule has 23 heavy (non-hydrogen) atoms. The van der Waals surface area contributed by atoms with Crippen LogP contribution in [0.15, 0.2) is 32.4 Å². The lowest BCUT2D eigenvalue weighted by atomic mass is 10.2. The van der Waals surface area contributed by atoms with Crippen molar-refractivity contribution >= 4 is 32.9 Å². The van der Waals surface area contributed by atoms with Crippen LogP contribution in [0.3, 0.4) is 0 Å². The highest BCUT2D eigenvalue weighted by atomic mass is 79.9. The van der Waals surface area contributed by atoms with Crippen molar-refractivity contribution in [3.8, 4) is 0 Å². The maximum absolute atomic E-state index is 12.4. The van der Waals surface area contributed by atoms with Gasteiger partial charge in [-0.1, -0.05) is 0 Å². The summed E-state index contributed by atoms with van der Waals surface area (Å²) in [5, 5.41) is 7.08. The van der Waals surface area contributed by atoms with Crippen LogP contribution in [0, 0.1) is 6.92 Å². The van der Waals surface area contributed by atoms with Crippen molar-refractivity contribution in [2.75, 3.05) is 6.54 Å². The number of aromatic nitrogens is 4. The second kappa shape index (κ2) is 5.99. The zero-order valence-electron chi connectivity index (χ0n) is 12.5. The minimum Gasteiger partial charge on any atom is -0.442 e. The molecule has 3 rings (SSSR count). The standard InChI is InChI=1S/C14H14BrN5O3/c1-8-10(11-13(23-8)17-7-19(2)14(11)22)12(21)16-3-4-20-6-9(15)5-18-20/h5-7H,3-4H2,1-2H3,(H,16,21). The van der Waals surface area contributed by atoms with Gasteiger partial charge in [0.15, 0.2) is 0 Å². The van der Waals surface area contributed by atoms with E-state index in [4.69, 9.17) is 4.42 Å². The average Bonchev–Trinajstić information content (AvgIpc) is 3.06. The van der Waals surface area contributed by atoms with Gasteiger partial charge < -0.3 is 14.3 Å². The summed E-state index contributed by atoms with van der Waals surface area (Å²) < 4.78 is 9.30. The molecule has 0 fully saturated rings. The summed E-state index contributed by atoms with van der Waals surface area (Å²) in [4.78, 5) is 28.7. The molecule has 8 nitrogen and oxygen atoms in total. The number of amides is 1. The third kappa shape index (κ3) is 2.91. The van der Waals surface area contributed by atoms with Crippen LogP contribution >= 0.6 is 15.9 Å². The third-order valence-corrected chi connectivity index (χ3v) is 3.81. The van der Waals surface area contributed by atoms with Crippen molar-refractivity contribution in [1.82, 2.24) is 24.6 Å². The normalized spacial score (nSPS) is 11.1. The highest BCUT2D eigenvalue weighted by Gasteiger charge is 2.22. The van der Waals surface area contributed by atoms with E-state index < -0.39 is 0 Å². The molecule has 0 aliphatic heterocycles. The molecule has 9 heteroatoms. The van der Waals surface area contributed by atoms with Crippen molar-refractivity contribution in [1.29, 1.82) is 0 Å². The van der Waals surface area contributed by atoms with Gasteiger partial charge >= 0.3 is 0 Å². The Morgan fingerprint density at radius 1 is 1.48 bits per heavy atom. The smallest absolute Gasteiger partial charge is 0.265 e. The number of aryl methyl sites for hydroxylation is 2. The Bertz CT molecular complexity index is 940. The van der Waals surface area contributed by atoms with E-state index in [0.29, 0.717) is 18.8 Å². The lowest BCUT2D eigenvalue weighted by Gasteiger charge is -2.05. The molecule has 0 saturated carbocycles. The molecule has 0 saturated heterocycles. The van der Waals surface area contributed by atoms with Crippen LogP contribution < -0.4 is 10.9 Å². The van der Waals surface area contributed by atoms with Gasteiger partial charge in [0.25, 0.3) is 11.5 Å². The van der Waals surface area contributed by atoms with Crippen molar-refractivity contribution in [3.05, 3.63) is 44.9 Å². The SMILES string of the molecule is Cc1oc2ncn(C)c(=O)c2c1C(=O)NCCn1cc(Br)cn1. The van der Waals surface area contributed by atoms with Gasteiger partial charge in [-0.3, -0.25) is 14.3 Å². The molecule has 0 unspecified atom stereocenters.